The Labute approximate surface area is 132 Å². The van der Waals surface area contributed by atoms with E-state index in [4.69, 9.17) is 16.3 Å². The molecule has 0 amide bonds. The summed E-state index contributed by atoms with van der Waals surface area (Å²) in [4.78, 5) is 20.6. The van der Waals surface area contributed by atoms with Gasteiger partial charge in [-0.3, -0.25) is 4.39 Å². The maximum atomic E-state index is 13.2. The summed E-state index contributed by atoms with van der Waals surface area (Å²) in [5.41, 5.74) is 1.11. The molecule has 118 valence electrons. The van der Waals surface area contributed by atoms with Crippen LogP contribution in [0.3, 0.4) is 0 Å². The lowest BCUT2D eigenvalue weighted by Crippen LogP contribution is -2.16. The van der Waals surface area contributed by atoms with Crippen LogP contribution in [-0.2, 0) is 17.2 Å². The van der Waals surface area contributed by atoms with Crippen LogP contribution in [0.1, 0.15) is 36.1 Å². The molecule has 22 heavy (non-hydrogen) atoms. The number of rotatable bonds is 6. The quantitative estimate of drug-likeness (QED) is 0.605. The highest BCUT2D eigenvalue weighted by Gasteiger charge is 2.44. The average Bonchev–Trinajstić information content (AvgIpc) is 3.23. The number of esters is 1. The lowest BCUT2D eigenvalue weighted by atomic mass is 10.1. The maximum absolute atomic E-state index is 13.2. The van der Waals surface area contributed by atoms with Gasteiger partial charge in [0.15, 0.2) is 11.3 Å². The Morgan fingerprint density at radius 1 is 1.45 bits per heavy atom. The molecular weight excluding hydrogens is 309 g/mol. The minimum absolute atomic E-state index is 0.216. The third kappa shape index (κ3) is 2.67. The predicted molar refractivity (Wildman–Crippen MR) is 80.7 cm³/mol. The van der Waals surface area contributed by atoms with E-state index in [9.17, 15) is 9.18 Å². The molecule has 0 bridgehead atoms. The molecule has 0 unspecified atom stereocenters. The largest absolute Gasteiger partial charge is 0.461 e. The number of imidazole rings is 1. The van der Waals surface area contributed by atoms with Crippen LogP contribution in [0.5, 0.6) is 0 Å². The Kier molecular flexibility index (Phi) is 4.04. The van der Waals surface area contributed by atoms with E-state index >= 15 is 0 Å². The number of fused-ring (bicyclic) bond motifs is 1. The zero-order valence-corrected chi connectivity index (χ0v) is 13.1. The number of carbonyl (C=O) groups excluding carboxylic acids is 1. The molecule has 1 fully saturated rings. The van der Waals surface area contributed by atoms with E-state index in [-0.39, 0.29) is 30.3 Å². The van der Waals surface area contributed by atoms with E-state index in [1.807, 2.05) is 4.57 Å². The molecule has 2 aromatic heterocycles. The van der Waals surface area contributed by atoms with Crippen molar-refractivity contribution in [3.05, 3.63) is 23.7 Å². The Morgan fingerprint density at radius 2 is 2.23 bits per heavy atom. The normalized spacial score (nSPS) is 16.0. The van der Waals surface area contributed by atoms with Gasteiger partial charge in [0.1, 0.15) is 11.3 Å². The minimum Gasteiger partial charge on any atom is -0.461 e. The monoisotopic (exact) mass is 325 g/mol. The van der Waals surface area contributed by atoms with Gasteiger partial charge in [0.25, 0.3) is 0 Å². The fourth-order valence-corrected chi connectivity index (χ4v) is 2.69. The summed E-state index contributed by atoms with van der Waals surface area (Å²) in [7, 11) is 0. The van der Waals surface area contributed by atoms with Crippen molar-refractivity contribution in [3.8, 4) is 0 Å². The molecule has 0 aliphatic heterocycles. The molecule has 7 heteroatoms. The van der Waals surface area contributed by atoms with Gasteiger partial charge < -0.3 is 9.30 Å². The third-order valence-electron chi connectivity index (χ3n) is 4.01. The molecule has 0 spiro atoms. The zero-order valence-electron chi connectivity index (χ0n) is 12.3. The first-order valence-corrected chi connectivity index (χ1v) is 7.81. The van der Waals surface area contributed by atoms with Crippen LogP contribution >= 0.6 is 11.6 Å². The number of pyridine rings is 1. The number of hydrogen-bond donors (Lipinski definition) is 0. The van der Waals surface area contributed by atoms with Crippen molar-refractivity contribution in [2.24, 2.45) is 5.41 Å². The van der Waals surface area contributed by atoms with Crippen LogP contribution in [0.2, 0.25) is 0 Å². The topological polar surface area (TPSA) is 57.0 Å². The second-order valence-corrected chi connectivity index (χ2v) is 5.91. The highest BCUT2D eigenvalue weighted by atomic mass is 35.5. The zero-order chi connectivity index (χ0) is 15.7. The van der Waals surface area contributed by atoms with Gasteiger partial charge in [-0.05, 0) is 31.9 Å². The highest BCUT2D eigenvalue weighted by molar-refractivity contribution is 6.16. The first-order valence-electron chi connectivity index (χ1n) is 7.27. The summed E-state index contributed by atoms with van der Waals surface area (Å²) in [6, 6.07) is 3.30. The minimum atomic E-state index is -0.476. The average molecular weight is 326 g/mol. The van der Waals surface area contributed by atoms with Crippen molar-refractivity contribution in [3.63, 3.8) is 0 Å². The number of carbonyl (C=O) groups is 1. The second kappa shape index (κ2) is 5.83. The Hall–Kier alpha value is -1.69. The molecule has 0 saturated heterocycles. The predicted octanol–water partition coefficient (Wildman–Crippen LogP) is 3.10. The molecule has 0 aromatic carbocycles. The number of alkyl halides is 2. The van der Waals surface area contributed by atoms with Gasteiger partial charge in [0.2, 0.25) is 0 Å². The van der Waals surface area contributed by atoms with Crippen molar-refractivity contribution in [2.45, 2.75) is 32.2 Å². The van der Waals surface area contributed by atoms with Crippen LogP contribution in [0.4, 0.5) is 4.39 Å². The number of ether oxygens (including phenoxy) is 1. The smallest absolute Gasteiger partial charge is 0.357 e. The summed E-state index contributed by atoms with van der Waals surface area (Å²) in [5.74, 6) is 0.383. The van der Waals surface area contributed by atoms with Gasteiger partial charge in [-0.25, -0.2) is 14.8 Å². The van der Waals surface area contributed by atoms with Gasteiger partial charge in [0, 0.05) is 12.0 Å². The molecule has 2 heterocycles. The molecule has 1 saturated carbocycles. The fraction of sp³-hybridized carbons (Fsp3) is 0.533. The summed E-state index contributed by atoms with van der Waals surface area (Å²) in [6.45, 7) is 2.15. The van der Waals surface area contributed by atoms with Crippen molar-refractivity contribution >= 4 is 28.7 Å². The van der Waals surface area contributed by atoms with Gasteiger partial charge in [0.05, 0.1) is 19.2 Å². The summed E-state index contributed by atoms with van der Waals surface area (Å²) >= 11 is 5.95. The fourth-order valence-electron chi connectivity index (χ4n) is 2.48. The molecule has 3 rings (SSSR count). The van der Waals surface area contributed by atoms with Crippen molar-refractivity contribution in [2.75, 3.05) is 13.3 Å². The number of halogens is 2. The first-order chi connectivity index (χ1) is 10.6. The van der Waals surface area contributed by atoms with Crippen LogP contribution in [0, 0.1) is 5.41 Å². The van der Waals surface area contributed by atoms with Crippen LogP contribution in [0.15, 0.2) is 12.1 Å². The second-order valence-electron chi connectivity index (χ2n) is 5.64. The molecule has 0 atom stereocenters. The Balaban J connectivity index is 2.03. The number of hydrogen-bond acceptors (Lipinski definition) is 4. The van der Waals surface area contributed by atoms with E-state index in [0.717, 1.165) is 12.8 Å². The summed E-state index contributed by atoms with van der Waals surface area (Å²) < 4.78 is 20.0. The van der Waals surface area contributed by atoms with E-state index in [1.54, 1.807) is 19.1 Å². The summed E-state index contributed by atoms with van der Waals surface area (Å²) in [6.07, 6.45) is 1.70. The van der Waals surface area contributed by atoms with Gasteiger partial charge >= 0.3 is 5.97 Å². The lowest BCUT2D eigenvalue weighted by molar-refractivity contribution is 0.0520. The van der Waals surface area contributed by atoms with Crippen LogP contribution in [-0.4, -0.2) is 33.8 Å². The van der Waals surface area contributed by atoms with Crippen molar-refractivity contribution in [1.29, 1.82) is 0 Å². The molecule has 0 N–H and O–H groups in total. The third-order valence-corrected chi connectivity index (χ3v) is 4.25. The maximum Gasteiger partial charge on any atom is 0.357 e. The van der Waals surface area contributed by atoms with Gasteiger partial charge in [-0.2, -0.15) is 0 Å². The molecule has 5 nitrogen and oxygen atoms in total. The molecular formula is C15H17ClFN3O2. The first kappa shape index (κ1) is 15.2. The van der Waals surface area contributed by atoms with Crippen LogP contribution in [0.25, 0.3) is 11.2 Å². The van der Waals surface area contributed by atoms with E-state index in [1.165, 1.54) is 0 Å². The number of aromatic nitrogens is 3. The molecule has 1 aliphatic rings. The van der Waals surface area contributed by atoms with Gasteiger partial charge in [-0.1, -0.05) is 0 Å². The van der Waals surface area contributed by atoms with Gasteiger partial charge in [-0.15, -0.1) is 11.6 Å². The summed E-state index contributed by atoms with van der Waals surface area (Å²) in [5, 5.41) is 0. The Bertz CT molecular complexity index is 712. The molecule has 2 aromatic rings. The van der Waals surface area contributed by atoms with Crippen molar-refractivity contribution < 1.29 is 13.9 Å². The van der Waals surface area contributed by atoms with E-state index in [2.05, 4.69) is 9.97 Å². The molecule has 0 radical (unpaired) electrons. The standard InChI is InChI=1S/C15H17ClFN3O2/c1-2-22-14(21)11-4-3-10-13(19-11)20(12(7-16)18-10)9-15(8-17)5-6-15/h3-4H,2,5-9H2,1H3. The van der Waals surface area contributed by atoms with Crippen molar-refractivity contribution in [1.82, 2.24) is 14.5 Å². The number of nitrogens with zero attached hydrogens (tertiary/aromatic N) is 3. The lowest BCUT2D eigenvalue weighted by Gasteiger charge is -2.14. The van der Waals surface area contributed by atoms with E-state index in [0.29, 0.717) is 23.5 Å². The Morgan fingerprint density at radius 3 is 2.82 bits per heavy atom. The molecule has 1 aliphatic carbocycles. The van der Waals surface area contributed by atoms with Crippen LogP contribution < -0.4 is 0 Å². The van der Waals surface area contributed by atoms with E-state index < -0.39 is 5.97 Å². The highest BCUT2D eigenvalue weighted by Crippen LogP contribution is 2.48. The SMILES string of the molecule is CCOC(=O)c1ccc2nc(CCl)n(CC3(CF)CC3)c2n1.